The van der Waals surface area contributed by atoms with Crippen LogP contribution in [-0.4, -0.2) is 19.0 Å². The maximum Gasteiger partial charge on any atom is 0.196 e. The molecule has 0 aliphatic carbocycles. The predicted molar refractivity (Wildman–Crippen MR) is 95.9 cm³/mol. The number of hydrogen-bond donors (Lipinski definition) is 2. The van der Waals surface area contributed by atoms with Crippen LogP contribution in [0.5, 0.6) is 0 Å². The molecule has 0 unspecified atom stereocenters. The normalized spacial score (nSPS) is 14.3. The highest BCUT2D eigenvalue weighted by atomic mass is 15.2. The Morgan fingerprint density at radius 3 is 2.18 bits per heavy atom. The minimum Gasteiger partial charge on any atom is -0.356 e. The molecule has 1 saturated heterocycles. The summed E-state index contributed by atoms with van der Waals surface area (Å²) >= 11 is 0. The fraction of sp³-hybridized carbons (Fsp3) is 0.632. The zero-order valence-corrected chi connectivity index (χ0v) is 14.0. The average molecular weight is 301 g/mol. The number of rotatable bonds is 9. The van der Waals surface area contributed by atoms with Crippen LogP contribution in [0.3, 0.4) is 0 Å². The largest absolute Gasteiger partial charge is 0.356 e. The molecule has 0 atom stereocenters. The van der Waals surface area contributed by atoms with E-state index < -0.39 is 0 Å². The molecule has 2 N–H and O–H groups in total. The van der Waals surface area contributed by atoms with Gasteiger partial charge in [-0.15, -0.1) is 0 Å². The van der Waals surface area contributed by atoms with Crippen LogP contribution in [0.4, 0.5) is 5.69 Å². The van der Waals surface area contributed by atoms with Crippen LogP contribution in [0.25, 0.3) is 0 Å². The number of nitrogens with zero attached hydrogens (tertiary/aromatic N) is 1. The van der Waals surface area contributed by atoms with Crippen molar-refractivity contribution in [1.29, 1.82) is 0 Å². The molecule has 1 aliphatic rings. The number of unbranched alkanes of at least 4 members (excludes halogenated alkanes) is 6. The van der Waals surface area contributed by atoms with Crippen molar-refractivity contribution in [3.8, 4) is 0 Å². The molecule has 1 heterocycles. The third-order valence-corrected chi connectivity index (χ3v) is 4.18. The molecule has 0 spiro atoms. The third kappa shape index (κ3) is 6.50. The first-order valence-corrected chi connectivity index (χ1v) is 9.04. The first-order valence-electron chi connectivity index (χ1n) is 9.04. The fourth-order valence-electron chi connectivity index (χ4n) is 2.80. The van der Waals surface area contributed by atoms with Gasteiger partial charge >= 0.3 is 0 Å². The van der Waals surface area contributed by atoms with E-state index in [-0.39, 0.29) is 0 Å². The van der Waals surface area contributed by atoms with Crippen molar-refractivity contribution in [2.24, 2.45) is 4.99 Å². The van der Waals surface area contributed by atoms with Gasteiger partial charge in [0.2, 0.25) is 0 Å². The topological polar surface area (TPSA) is 36.4 Å². The van der Waals surface area contributed by atoms with E-state index in [0.29, 0.717) is 0 Å². The van der Waals surface area contributed by atoms with Gasteiger partial charge in [0.25, 0.3) is 0 Å². The van der Waals surface area contributed by atoms with Crippen molar-refractivity contribution >= 4 is 11.6 Å². The maximum absolute atomic E-state index is 4.59. The van der Waals surface area contributed by atoms with Gasteiger partial charge in [0.1, 0.15) is 0 Å². The second kappa shape index (κ2) is 10.3. The summed E-state index contributed by atoms with van der Waals surface area (Å²) in [5.41, 5.74) is 2.46. The molecule has 1 aromatic carbocycles. The molecule has 22 heavy (non-hydrogen) atoms. The lowest BCUT2D eigenvalue weighted by atomic mass is 10.0. The van der Waals surface area contributed by atoms with Crippen molar-refractivity contribution < 1.29 is 0 Å². The smallest absolute Gasteiger partial charge is 0.196 e. The standard InChI is InChI=1S/C19H31N3/c1-2-3-4-5-6-7-8-10-17-11-13-18(14-12-17)22-19-20-15-9-16-21-19/h11-14H,2-10,15-16H2,1H3,(H2,20,21,22). The van der Waals surface area contributed by atoms with Gasteiger partial charge in [-0.2, -0.15) is 0 Å². The molecule has 2 rings (SSSR count). The van der Waals surface area contributed by atoms with Gasteiger partial charge in [-0.3, -0.25) is 0 Å². The number of guanidine groups is 1. The van der Waals surface area contributed by atoms with E-state index in [2.05, 4.69) is 46.8 Å². The zero-order chi connectivity index (χ0) is 15.5. The first-order chi connectivity index (χ1) is 10.9. The Bertz CT molecular complexity index is 428. The lowest BCUT2D eigenvalue weighted by Crippen LogP contribution is -2.43. The molecule has 0 amide bonds. The lowest BCUT2D eigenvalue weighted by molar-refractivity contribution is 0.589. The molecule has 1 aliphatic heterocycles. The van der Waals surface area contributed by atoms with Gasteiger partial charge in [-0.1, -0.05) is 57.6 Å². The number of hydrogen-bond acceptors (Lipinski definition) is 1. The van der Waals surface area contributed by atoms with Crippen molar-refractivity contribution in [2.75, 3.05) is 13.1 Å². The van der Waals surface area contributed by atoms with E-state index in [1.165, 1.54) is 56.9 Å². The van der Waals surface area contributed by atoms with E-state index >= 15 is 0 Å². The Balaban J connectivity index is 1.66. The highest BCUT2D eigenvalue weighted by Gasteiger charge is 2.03. The Hall–Kier alpha value is -1.51. The molecule has 0 aromatic heterocycles. The fourth-order valence-corrected chi connectivity index (χ4v) is 2.80. The van der Waals surface area contributed by atoms with Gasteiger partial charge in [-0.25, -0.2) is 4.99 Å². The highest BCUT2D eigenvalue weighted by molar-refractivity contribution is 5.83. The van der Waals surface area contributed by atoms with Crippen LogP contribution in [0.1, 0.15) is 63.9 Å². The minimum absolute atomic E-state index is 0.908. The molecule has 1 aromatic rings. The summed E-state index contributed by atoms with van der Waals surface area (Å²) < 4.78 is 0. The SMILES string of the molecule is CCCCCCCCCc1ccc(N=C2NCCCN2)cc1. The summed E-state index contributed by atoms with van der Waals surface area (Å²) in [6, 6.07) is 8.70. The number of aliphatic imine (C=N–C) groups is 1. The summed E-state index contributed by atoms with van der Waals surface area (Å²) in [5, 5.41) is 6.57. The maximum atomic E-state index is 4.59. The van der Waals surface area contributed by atoms with E-state index in [0.717, 1.165) is 31.2 Å². The van der Waals surface area contributed by atoms with E-state index in [1.54, 1.807) is 0 Å². The summed E-state index contributed by atoms with van der Waals surface area (Å²) in [5.74, 6) is 0.908. The van der Waals surface area contributed by atoms with Crippen LogP contribution in [0, 0.1) is 0 Å². The van der Waals surface area contributed by atoms with Crippen molar-refractivity contribution in [3.63, 3.8) is 0 Å². The van der Waals surface area contributed by atoms with Crippen LogP contribution < -0.4 is 10.6 Å². The molecule has 122 valence electrons. The molecular formula is C19H31N3. The number of nitrogens with one attached hydrogen (secondary N) is 2. The zero-order valence-electron chi connectivity index (χ0n) is 14.0. The number of aryl methyl sites for hydroxylation is 1. The molecule has 0 bridgehead atoms. The highest BCUT2D eigenvalue weighted by Crippen LogP contribution is 2.16. The average Bonchev–Trinajstić information content (AvgIpc) is 2.56. The Kier molecular flexibility index (Phi) is 7.86. The predicted octanol–water partition coefficient (Wildman–Crippen LogP) is 4.55. The van der Waals surface area contributed by atoms with Gasteiger partial charge in [0.15, 0.2) is 5.96 Å². The van der Waals surface area contributed by atoms with Crippen LogP contribution in [0.2, 0.25) is 0 Å². The van der Waals surface area contributed by atoms with Crippen molar-refractivity contribution in [1.82, 2.24) is 10.6 Å². The molecule has 0 saturated carbocycles. The molecule has 1 fully saturated rings. The van der Waals surface area contributed by atoms with E-state index in [4.69, 9.17) is 0 Å². The Morgan fingerprint density at radius 2 is 1.50 bits per heavy atom. The van der Waals surface area contributed by atoms with E-state index in [9.17, 15) is 0 Å². The summed E-state index contributed by atoms with van der Waals surface area (Å²) in [6.07, 6.45) is 12.0. The summed E-state index contributed by atoms with van der Waals surface area (Å²) in [6.45, 7) is 4.30. The molecule has 0 radical (unpaired) electrons. The van der Waals surface area contributed by atoms with Gasteiger partial charge in [0.05, 0.1) is 5.69 Å². The molecular weight excluding hydrogens is 270 g/mol. The Morgan fingerprint density at radius 1 is 0.864 bits per heavy atom. The van der Waals surface area contributed by atoms with Gasteiger partial charge in [-0.05, 0) is 37.0 Å². The van der Waals surface area contributed by atoms with Crippen LogP contribution in [-0.2, 0) is 6.42 Å². The first kappa shape index (κ1) is 16.9. The van der Waals surface area contributed by atoms with Crippen LogP contribution in [0.15, 0.2) is 29.3 Å². The van der Waals surface area contributed by atoms with Crippen molar-refractivity contribution in [2.45, 2.75) is 64.7 Å². The molecule has 3 heteroatoms. The minimum atomic E-state index is 0.908. The van der Waals surface area contributed by atoms with E-state index in [1.807, 2.05) is 0 Å². The lowest BCUT2D eigenvalue weighted by Gasteiger charge is -2.17. The van der Waals surface area contributed by atoms with Crippen molar-refractivity contribution in [3.05, 3.63) is 29.8 Å². The summed E-state index contributed by atoms with van der Waals surface area (Å²) in [7, 11) is 0. The summed E-state index contributed by atoms with van der Waals surface area (Å²) in [4.78, 5) is 4.59. The van der Waals surface area contributed by atoms with Gasteiger partial charge in [0, 0.05) is 13.1 Å². The third-order valence-electron chi connectivity index (χ3n) is 4.18. The second-order valence-corrected chi connectivity index (χ2v) is 6.21. The number of benzene rings is 1. The second-order valence-electron chi connectivity index (χ2n) is 6.21. The quantitative estimate of drug-likeness (QED) is 0.656. The monoisotopic (exact) mass is 301 g/mol. The van der Waals surface area contributed by atoms with Gasteiger partial charge < -0.3 is 10.6 Å². The van der Waals surface area contributed by atoms with Crippen LogP contribution >= 0.6 is 0 Å². The Labute approximate surface area is 135 Å². The molecule has 3 nitrogen and oxygen atoms in total.